The molecule has 0 N–H and O–H groups in total. The normalized spacial score (nSPS) is 10.6. The Morgan fingerprint density at radius 3 is 2.43 bits per heavy atom. The number of esters is 1. The van der Waals surface area contributed by atoms with Crippen LogP contribution in [0.15, 0.2) is 54.6 Å². The summed E-state index contributed by atoms with van der Waals surface area (Å²) in [7, 11) is 0. The summed E-state index contributed by atoms with van der Waals surface area (Å²) >= 11 is 1.29. The molecule has 0 saturated heterocycles. The number of carbonyl (C=O) groups is 2. The molecule has 30 heavy (non-hydrogen) atoms. The number of aromatic nitrogens is 1. The first-order chi connectivity index (χ1) is 14.5. The smallest absolute Gasteiger partial charge is 0.358 e. The van der Waals surface area contributed by atoms with E-state index in [4.69, 9.17) is 4.74 Å². The second-order valence-electron chi connectivity index (χ2n) is 6.71. The van der Waals surface area contributed by atoms with Crippen LogP contribution in [-0.4, -0.2) is 30.0 Å². The highest BCUT2D eigenvalue weighted by molar-refractivity contribution is 7.16. The third-order valence-corrected chi connectivity index (χ3v) is 5.52. The fourth-order valence-electron chi connectivity index (χ4n) is 2.97. The van der Waals surface area contributed by atoms with Crippen molar-refractivity contribution >= 4 is 28.3 Å². The summed E-state index contributed by atoms with van der Waals surface area (Å²) in [5.74, 6) is -1.00. The second kappa shape index (κ2) is 10.1. The maximum absolute atomic E-state index is 13.2. The Labute approximate surface area is 179 Å². The van der Waals surface area contributed by atoms with Crippen LogP contribution >= 0.6 is 11.3 Å². The first-order valence-electron chi connectivity index (χ1n) is 9.71. The number of ether oxygens (including phenoxy) is 1. The van der Waals surface area contributed by atoms with Gasteiger partial charge in [0.05, 0.1) is 13.0 Å². The van der Waals surface area contributed by atoms with Crippen LogP contribution in [0.1, 0.15) is 33.4 Å². The van der Waals surface area contributed by atoms with E-state index in [2.05, 4.69) is 4.98 Å². The number of aryl methyl sites for hydroxylation is 1. The minimum absolute atomic E-state index is 0.114. The van der Waals surface area contributed by atoms with Gasteiger partial charge in [0.15, 0.2) is 10.8 Å². The summed E-state index contributed by atoms with van der Waals surface area (Å²) in [5, 5.41) is 0.457. The largest absolute Gasteiger partial charge is 0.461 e. The molecule has 3 rings (SSSR count). The van der Waals surface area contributed by atoms with Crippen LogP contribution in [-0.2, 0) is 22.4 Å². The van der Waals surface area contributed by atoms with Crippen LogP contribution in [0.5, 0.6) is 0 Å². The molecule has 0 unspecified atom stereocenters. The zero-order chi connectivity index (χ0) is 21.5. The standard InChI is InChI=1S/C23H23FN2O3S/c1-3-29-22(28)21-16(2)30-23(25-21)26(14-13-17-7-5-4-6-8-17)20(27)15-18-9-11-19(24)12-10-18/h4-12H,3,13-15H2,1-2H3. The third kappa shape index (κ3) is 5.51. The Morgan fingerprint density at radius 1 is 1.07 bits per heavy atom. The van der Waals surface area contributed by atoms with E-state index in [1.165, 1.54) is 23.5 Å². The number of nitrogens with zero attached hydrogens (tertiary/aromatic N) is 2. The van der Waals surface area contributed by atoms with E-state index < -0.39 is 5.97 Å². The summed E-state index contributed by atoms with van der Waals surface area (Å²) in [6.45, 7) is 4.19. The molecule has 0 aliphatic rings. The molecule has 156 valence electrons. The van der Waals surface area contributed by atoms with Crippen LogP contribution in [0.3, 0.4) is 0 Å². The van der Waals surface area contributed by atoms with Crippen molar-refractivity contribution in [1.82, 2.24) is 4.98 Å². The number of hydrogen-bond donors (Lipinski definition) is 0. The fraction of sp³-hybridized carbons (Fsp3) is 0.261. The molecule has 0 spiro atoms. The average molecular weight is 427 g/mol. The summed E-state index contributed by atoms with van der Waals surface area (Å²) in [4.78, 5) is 32.0. The lowest BCUT2D eigenvalue weighted by atomic mass is 10.1. The molecular weight excluding hydrogens is 403 g/mol. The van der Waals surface area contributed by atoms with E-state index >= 15 is 0 Å². The van der Waals surface area contributed by atoms with Gasteiger partial charge in [0.2, 0.25) is 5.91 Å². The number of anilines is 1. The third-order valence-electron chi connectivity index (χ3n) is 4.52. The van der Waals surface area contributed by atoms with E-state index in [0.717, 1.165) is 5.56 Å². The van der Waals surface area contributed by atoms with Crippen molar-refractivity contribution in [2.45, 2.75) is 26.7 Å². The van der Waals surface area contributed by atoms with Crippen molar-refractivity contribution < 1.29 is 18.7 Å². The average Bonchev–Trinajstić information content (AvgIpc) is 3.12. The Hall–Kier alpha value is -3.06. The zero-order valence-electron chi connectivity index (χ0n) is 16.9. The first kappa shape index (κ1) is 21.6. The lowest BCUT2D eigenvalue weighted by Crippen LogP contribution is -2.34. The second-order valence-corrected chi connectivity index (χ2v) is 7.89. The number of benzene rings is 2. The van der Waals surface area contributed by atoms with Gasteiger partial charge in [0.25, 0.3) is 0 Å². The van der Waals surface area contributed by atoms with E-state index in [1.807, 2.05) is 30.3 Å². The molecule has 1 aromatic heterocycles. The minimum Gasteiger partial charge on any atom is -0.461 e. The molecule has 0 radical (unpaired) electrons. The molecule has 5 nitrogen and oxygen atoms in total. The number of amides is 1. The van der Waals surface area contributed by atoms with Gasteiger partial charge in [-0.15, -0.1) is 11.3 Å². The predicted octanol–water partition coefficient (Wildman–Crippen LogP) is 4.59. The zero-order valence-corrected chi connectivity index (χ0v) is 17.7. The van der Waals surface area contributed by atoms with Crippen molar-refractivity contribution in [2.75, 3.05) is 18.1 Å². The van der Waals surface area contributed by atoms with Gasteiger partial charge < -0.3 is 4.74 Å². The van der Waals surface area contributed by atoms with Gasteiger partial charge in [-0.3, -0.25) is 9.69 Å². The Morgan fingerprint density at radius 2 is 1.77 bits per heavy atom. The van der Waals surface area contributed by atoms with Gasteiger partial charge in [-0.05, 0) is 43.5 Å². The quantitative estimate of drug-likeness (QED) is 0.495. The lowest BCUT2D eigenvalue weighted by molar-refractivity contribution is -0.118. The summed E-state index contributed by atoms with van der Waals surface area (Å²) in [5.41, 5.74) is 2.04. The predicted molar refractivity (Wildman–Crippen MR) is 115 cm³/mol. The van der Waals surface area contributed by atoms with Crippen LogP contribution in [0.25, 0.3) is 0 Å². The van der Waals surface area contributed by atoms with Crippen LogP contribution in [0.2, 0.25) is 0 Å². The Kier molecular flexibility index (Phi) is 7.30. The number of hydrogen-bond acceptors (Lipinski definition) is 5. The van der Waals surface area contributed by atoms with Gasteiger partial charge >= 0.3 is 5.97 Å². The molecule has 0 saturated carbocycles. The van der Waals surface area contributed by atoms with E-state index in [-0.39, 0.29) is 30.4 Å². The molecule has 0 fully saturated rings. The van der Waals surface area contributed by atoms with Crippen molar-refractivity contribution in [2.24, 2.45) is 0 Å². The fourth-order valence-corrected chi connectivity index (χ4v) is 3.91. The van der Waals surface area contributed by atoms with E-state index in [1.54, 1.807) is 30.9 Å². The van der Waals surface area contributed by atoms with Crippen molar-refractivity contribution in [3.05, 3.63) is 82.1 Å². The highest BCUT2D eigenvalue weighted by atomic mass is 32.1. The van der Waals surface area contributed by atoms with Gasteiger partial charge in [-0.1, -0.05) is 42.5 Å². The van der Waals surface area contributed by atoms with Crippen molar-refractivity contribution in [1.29, 1.82) is 0 Å². The maximum atomic E-state index is 13.2. The van der Waals surface area contributed by atoms with E-state index in [0.29, 0.717) is 28.5 Å². The number of carbonyl (C=O) groups excluding carboxylic acids is 2. The molecule has 1 heterocycles. The summed E-state index contributed by atoms with van der Waals surface area (Å²) < 4.78 is 18.3. The molecule has 0 atom stereocenters. The van der Waals surface area contributed by atoms with Crippen molar-refractivity contribution in [3.8, 4) is 0 Å². The highest BCUT2D eigenvalue weighted by Gasteiger charge is 2.24. The van der Waals surface area contributed by atoms with Gasteiger partial charge in [0.1, 0.15) is 5.82 Å². The molecular formula is C23H23FN2O3S. The first-order valence-corrected chi connectivity index (χ1v) is 10.5. The lowest BCUT2D eigenvalue weighted by Gasteiger charge is -2.20. The maximum Gasteiger partial charge on any atom is 0.358 e. The Balaban J connectivity index is 1.84. The molecule has 2 aromatic carbocycles. The number of halogens is 1. The SMILES string of the molecule is CCOC(=O)c1nc(N(CCc2ccccc2)C(=O)Cc2ccc(F)cc2)sc1C. The molecule has 0 aliphatic carbocycles. The van der Waals surface area contributed by atoms with Crippen LogP contribution in [0, 0.1) is 12.7 Å². The van der Waals surface area contributed by atoms with Gasteiger partial charge in [0, 0.05) is 11.4 Å². The summed E-state index contributed by atoms with van der Waals surface area (Å²) in [6, 6.07) is 15.7. The molecule has 7 heteroatoms. The molecule has 0 bridgehead atoms. The van der Waals surface area contributed by atoms with Crippen LogP contribution in [0.4, 0.5) is 9.52 Å². The minimum atomic E-state index is -0.494. The van der Waals surface area contributed by atoms with Crippen LogP contribution < -0.4 is 4.90 Å². The number of thiazole rings is 1. The molecule has 1 amide bonds. The van der Waals surface area contributed by atoms with Gasteiger partial charge in [-0.25, -0.2) is 14.2 Å². The monoisotopic (exact) mass is 426 g/mol. The topological polar surface area (TPSA) is 59.5 Å². The summed E-state index contributed by atoms with van der Waals surface area (Å²) in [6.07, 6.45) is 0.756. The Bertz CT molecular complexity index is 1000. The molecule has 3 aromatic rings. The molecule has 0 aliphatic heterocycles. The highest BCUT2D eigenvalue weighted by Crippen LogP contribution is 2.27. The van der Waals surface area contributed by atoms with Crippen molar-refractivity contribution in [3.63, 3.8) is 0 Å². The van der Waals surface area contributed by atoms with Gasteiger partial charge in [-0.2, -0.15) is 0 Å². The number of rotatable bonds is 8. The van der Waals surface area contributed by atoms with E-state index in [9.17, 15) is 14.0 Å².